The van der Waals surface area contributed by atoms with Crippen molar-refractivity contribution < 1.29 is 19.0 Å². The highest BCUT2D eigenvalue weighted by molar-refractivity contribution is 8.00. The molecular formula is C17H17NO4S. The van der Waals surface area contributed by atoms with E-state index in [-0.39, 0.29) is 12.7 Å². The number of hydrogen-bond donors (Lipinski definition) is 1. The largest absolute Gasteiger partial charge is 0.497 e. The summed E-state index contributed by atoms with van der Waals surface area (Å²) in [6.07, 6.45) is 0. The van der Waals surface area contributed by atoms with E-state index in [9.17, 15) is 4.79 Å². The quantitative estimate of drug-likeness (QED) is 0.825. The summed E-state index contributed by atoms with van der Waals surface area (Å²) in [4.78, 5) is 13.0. The third-order valence-electron chi connectivity index (χ3n) is 3.36. The Morgan fingerprint density at radius 2 is 1.96 bits per heavy atom. The molecule has 1 aliphatic rings. The Morgan fingerprint density at radius 1 is 1.17 bits per heavy atom. The topological polar surface area (TPSA) is 56.8 Å². The van der Waals surface area contributed by atoms with Gasteiger partial charge in [0.1, 0.15) is 5.75 Å². The zero-order chi connectivity index (χ0) is 16.1. The number of amides is 1. The van der Waals surface area contributed by atoms with Crippen molar-refractivity contribution in [1.29, 1.82) is 0 Å². The SMILES string of the molecule is COc1ccc(SCC(=O)NCc2ccc3c(c2)OCO3)cc1. The van der Waals surface area contributed by atoms with Crippen LogP contribution in [0.25, 0.3) is 0 Å². The molecule has 0 saturated heterocycles. The van der Waals surface area contributed by atoms with Crippen LogP contribution in [0.4, 0.5) is 0 Å². The van der Waals surface area contributed by atoms with Crippen LogP contribution in [0.5, 0.6) is 17.2 Å². The van der Waals surface area contributed by atoms with Crippen molar-refractivity contribution in [2.75, 3.05) is 19.7 Å². The first-order valence-electron chi connectivity index (χ1n) is 7.16. The van der Waals surface area contributed by atoms with E-state index in [1.165, 1.54) is 11.8 Å². The predicted octanol–water partition coefficient (Wildman–Crippen LogP) is 2.83. The summed E-state index contributed by atoms with van der Waals surface area (Å²) in [5.41, 5.74) is 0.983. The van der Waals surface area contributed by atoms with Crippen LogP contribution in [-0.2, 0) is 11.3 Å². The molecule has 1 aliphatic heterocycles. The van der Waals surface area contributed by atoms with E-state index in [0.717, 1.165) is 27.7 Å². The van der Waals surface area contributed by atoms with Gasteiger partial charge >= 0.3 is 0 Å². The van der Waals surface area contributed by atoms with Crippen molar-refractivity contribution in [1.82, 2.24) is 5.32 Å². The molecule has 5 nitrogen and oxygen atoms in total. The van der Waals surface area contributed by atoms with E-state index in [1.807, 2.05) is 42.5 Å². The number of hydrogen-bond acceptors (Lipinski definition) is 5. The van der Waals surface area contributed by atoms with Gasteiger partial charge in [0.2, 0.25) is 12.7 Å². The Morgan fingerprint density at radius 3 is 2.74 bits per heavy atom. The summed E-state index contributed by atoms with van der Waals surface area (Å²) in [5.74, 6) is 2.64. The van der Waals surface area contributed by atoms with E-state index in [0.29, 0.717) is 12.3 Å². The molecule has 120 valence electrons. The van der Waals surface area contributed by atoms with Crippen LogP contribution < -0.4 is 19.5 Å². The number of carbonyl (C=O) groups is 1. The molecule has 0 radical (unpaired) electrons. The fourth-order valence-electron chi connectivity index (χ4n) is 2.12. The molecule has 1 amide bonds. The molecule has 0 aliphatic carbocycles. The molecule has 3 rings (SSSR count). The van der Waals surface area contributed by atoms with Crippen molar-refractivity contribution >= 4 is 17.7 Å². The zero-order valence-corrected chi connectivity index (χ0v) is 13.5. The van der Waals surface area contributed by atoms with Crippen LogP contribution in [-0.4, -0.2) is 25.6 Å². The van der Waals surface area contributed by atoms with Crippen LogP contribution in [0.2, 0.25) is 0 Å². The van der Waals surface area contributed by atoms with Crippen molar-refractivity contribution in [3.8, 4) is 17.2 Å². The molecule has 0 unspecified atom stereocenters. The average Bonchev–Trinajstić information content (AvgIpc) is 3.06. The minimum absolute atomic E-state index is 0.0107. The Kier molecular flexibility index (Phi) is 4.92. The van der Waals surface area contributed by atoms with Gasteiger partial charge in [0.05, 0.1) is 12.9 Å². The predicted molar refractivity (Wildman–Crippen MR) is 88.1 cm³/mol. The average molecular weight is 331 g/mol. The van der Waals surface area contributed by atoms with Crippen molar-refractivity contribution in [2.45, 2.75) is 11.4 Å². The number of fused-ring (bicyclic) bond motifs is 1. The Hall–Kier alpha value is -2.34. The number of rotatable bonds is 6. The van der Waals surface area contributed by atoms with E-state index in [1.54, 1.807) is 7.11 Å². The molecular weight excluding hydrogens is 314 g/mol. The smallest absolute Gasteiger partial charge is 0.231 e. The molecule has 0 atom stereocenters. The summed E-state index contributed by atoms with van der Waals surface area (Å²) in [5, 5.41) is 2.90. The summed E-state index contributed by atoms with van der Waals surface area (Å²) >= 11 is 1.49. The fraction of sp³-hybridized carbons (Fsp3) is 0.235. The molecule has 2 aromatic rings. The second kappa shape index (κ2) is 7.28. The molecule has 1 heterocycles. The van der Waals surface area contributed by atoms with E-state index in [4.69, 9.17) is 14.2 Å². The fourth-order valence-corrected chi connectivity index (χ4v) is 2.85. The normalized spacial score (nSPS) is 12.0. The molecule has 0 fully saturated rings. The van der Waals surface area contributed by atoms with Gasteiger partial charge in [-0.15, -0.1) is 11.8 Å². The lowest BCUT2D eigenvalue weighted by molar-refractivity contribution is -0.118. The first-order valence-corrected chi connectivity index (χ1v) is 8.15. The molecule has 0 spiro atoms. The summed E-state index contributed by atoms with van der Waals surface area (Å²) in [7, 11) is 1.63. The summed E-state index contributed by atoms with van der Waals surface area (Å²) in [6, 6.07) is 13.3. The number of benzene rings is 2. The van der Waals surface area contributed by atoms with E-state index < -0.39 is 0 Å². The van der Waals surface area contributed by atoms with Crippen LogP contribution in [0.15, 0.2) is 47.4 Å². The highest BCUT2D eigenvalue weighted by Gasteiger charge is 2.13. The second-order valence-corrected chi connectivity index (χ2v) is 5.98. The lowest BCUT2D eigenvalue weighted by Gasteiger charge is -2.07. The zero-order valence-electron chi connectivity index (χ0n) is 12.7. The third kappa shape index (κ3) is 4.10. The van der Waals surface area contributed by atoms with E-state index in [2.05, 4.69) is 5.32 Å². The minimum atomic E-state index is -0.0107. The minimum Gasteiger partial charge on any atom is -0.497 e. The van der Waals surface area contributed by atoms with Gasteiger partial charge in [-0.2, -0.15) is 0 Å². The maximum Gasteiger partial charge on any atom is 0.231 e. The van der Waals surface area contributed by atoms with Gasteiger partial charge in [-0.1, -0.05) is 6.07 Å². The standard InChI is InChI=1S/C17H17NO4S/c1-20-13-3-5-14(6-4-13)23-10-17(19)18-9-12-2-7-15-16(8-12)22-11-21-15/h2-8H,9-11H2,1H3,(H,18,19). The van der Waals surface area contributed by atoms with Gasteiger partial charge in [0, 0.05) is 11.4 Å². The van der Waals surface area contributed by atoms with Crippen LogP contribution in [0.3, 0.4) is 0 Å². The molecule has 0 aromatic heterocycles. The highest BCUT2D eigenvalue weighted by atomic mass is 32.2. The van der Waals surface area contributed by atoms with Crippen molar-refractivity contribution in [2.24, 2.45) is 0 Å². The summed E-state index contributed by atoms with van der Waals surface area (Å²) < 4.78 is 15.7. The first kappa shape index (κ1) is 15.6. The second-order valence-electron chi connectivity index (χ2n) is 4.93. The molecule has 1 N–H and O–H groups in total. The van der Waals surface area contributed by atoms with Crippen molar-refractivity contribution in [3.05, 3.63) is 48.0 Å². The monoisotopic (exact) mass is 331 g/mol. The number of carbonyl (C=O) groups excluding carboxylic acids is 1. The maximum absolute atomic E-state index is 11.9. The van der Waals surface area contributed by atoms with Crippen molar-refractivity contribution in [3.63, 3.8) is 0 Å². The Bertz CT molecular complexity index is 687. The lowest BCUT2D eigenvalue weighted by atomic mass is 10.2. The number of methoxy groups -OCH3 is 1. The first-order chi connectivity index (χ1) is 11.2. The molecule has 0 saturated carbocycles. The van der Waals surface area contributed by atoms with Gasteiger partial charge in [-0.25, -0.2) is 0 Å². The maximum atomic E-state index is 11.9. The van der Waals surface area contributed by atoms with Gasteiger partial charge < -0.3 is 19.5 Å². The molecule has 23 heavy (non-hydrogen) atoms. The molecule has 2 aromatic carbocycles. The Labute approximate surface area is 138 Å². The van der Waals surface area contributed by atoms with Gasteiger partial charge in [-0.05, 0) is 42.0 Å². The molecule has 0 bridgehead atoms. The van der Waals surface area contributed by atoms with Crippen LogP contribution in [0.1, 0.15) is 5.56 Å². The lowest BCUT2D eigenvalue weighted by Crippen LogP contribution is -2.24. The number of ether oxygens (including phenoxy) is 3. The Balaban J connectivity index is 1.45. The highest BCUT2D eigenvalue weighted by Crippen LogP contribution is 2.32. The third-order valence-corrected chi connectivity index (χ3v) is 4.37. The number of thioether (sulfide) groups is 1. The molecule has 6 heteroatoms. The van der Waals surface area contributed by atoms with E-state index >= 15 is 0 Å². The van der Waals surface area contributed by atoms with Gasteiger partial charge in [-0.3, -0.25) is 4.79 Å². The number of nitrogens with one attached hydrogen (secondary N) is 1. The van der Waals surface area contributed by atoms with Gasteiger partial charge in [0.15, 0.2) is 11.5 Å². The van der Waals surface area contributed by atoms with Gasteiger partial charge in [0.25, 0.3) is 0 Å². The summed E-state index contributed by atoms with van der Waals surface area (Å²) in [6.45, 7) is 0.724. The van der Waals surface area contributed by atoms with Crippen LogP contribution in [0, 0.1) is 0 Å². The van der Waals surface area contributed by atoms with Crippen LogP contribution >= 0.6 is 11.8 Å².